The number of halogens is 3. The van der Waals surface area contributed by atoms with Gasteiger partial charge in [-0.3, -0.25) is 0 Å². The summed E-state index contributed by atoms with van der Waals surface area (Å²) in [7, 11) is 0. The molecular formula is C8H8Br2ClNS. The summed E-state index contributed by atoms with van der Waals surface area (Å²) < 4.78 is 2.22. The number of nitrogens with one attached hydrogen (secondary N) is 1. The molecular weight excluding hydrogens is 337 g/mol. The summed E-state index contributed by atoms with van der Waals surface area (Å²) in [5.41, 5.74) is 0. The van der Waals surface area contributed by atoms with Crippen LogP contribution in [-0.4, -0.2) is 6.54 Å². The molecule has 0 bridgehead atoms. The Labute approximate surface area is 103 Å². The van der Waals surface area contributed by atoms with Crippen LogP contribution in [0.1, 0.15) is 4.88 Å². The average Bonchev–Trinajstić information content (AvgIpc) is 2.30. The molecule has 0 aliphatic heterocycles. The molecule has 1 N–H and O–H groups in total. The highest BCUT2D eigenvalue weighted by Gasteiger charge is 2.03. The second-order valence-electron chi connectivity index (χ2n) is 2.46. The molecule has 1 aromatic rings. The monoisotopic (exact) mass is 343 g/mol. The maximum Gasteiger partial charge on any atom is 0.0843 e. The molecule has 72 valence electrons. The smallest absolute Gasteiger partial charge is 0.0843 e. The first kappa shape index (κ1) is 11.7. The van der Waals surface area contributed by atoms with E-state index in [1.54, 1.807) is 11.3 Å². The van der Waals surface area contributed by atoms with Gasteiger partial charge in [0.2, 0.25) is 0 Å². The summed E-state index contributed by atoms with van der Waals surface area (Å²) >= 11 is 14.2. The molecule has 1 nitrogen and oxygen atoms in total. The summed E-state index contributed by atoms with van der Waals surface area (Å²) in [6, 6.07) is 2.08. The molecule has 13 heavy (non-hydrogen) atoms. The van der Waals surface area contributed by atoms with Crippen LogP contribution in [0.2, 0.25) is 0 Å². The van der Waals surface area contributed by atoms with Crippen molar-refractivity contribution >= 4 is 54.8 Å². The Bertz CT molecular complexity index is 292. The maximum absolute atomic E-state index is 5.61. The Morgan fingerprint density at radius 3 is 2.77 bits per heavy atom. The highest BCUT2D eigenvalue weighted by atomic mass is 79.9. The van der Waals surface area contributed by atoms with E-state index < -0.39 is 0 Å². The molecule has 0 aliphatic carbocycles. The first-order valence-corrected chi connectivity index (χ1v) is 6.35. The largest absolute Gasteiger partial charge is 0.307 e. The van der Waals surface area contributed by atoms with Crippen molar-refractivity contribution in [2.45, 2.75) is 6.54 Å². The average molecular weight is 345 g/mol. The van der Waals surface area contributed by atoms with Gasteiger partial charge in [-0.25, -0.2) is 0 Å². The summed E-state index contributed by atoms with van der Waals surface area (Å²) in [6.07, 6.45) is 0. The van der Waals surface area contributed by atoms with Gasteiger partial charge in [-0.05, 0) is 37.9 Å². The fraction of sp³-hybridized carbons (Fsp3) is 0.250. The van der Waals surface area contributed by atoms with Crippen LogP contribution < -0.4 is 5.32 Å². The number of hydrogen-bond donors (Lipinski definition) is 1. The molecule has 0 saturated heterocycles. The van der Waals surface area contributed by atoms with Crippen molar-refractivity contribution in [2.75, 3.05) is 6.54 Å². The van der Waals surface area contributed by atoms with Crippen LogP contribution in [0.25, 0.3) is 0 Å². The molecule has 0 fully saturated rings. The van der Waals surface area contributed by atoms with Crippen molar-refractivity contribution in [3.8, 4) is 0 Å². The molecule has 1 heterocycles. The molecule has 0 spiro atoms. The van der Waals surface area contributed by atoms with Crippen LogP contribution in [0.4, 0.5) is 0 Å². The third kappa shape index (κ3) is 4.13. The Hall–Kier alpha value is 0.650. The molecule has 0 aromatic carbocycles. The van der Waals surface area contributed by atoms with E-state index >= 15 is 0 Å². The topological polar surface area (TPSA) is 12.0 Å². The zero-order valence-corrected chi connectivity index (χ0v) is 11.5. The van der Waals surface area contributed by atoms with Gasteiger partial charge < -0.3 is 5.32 Å². The first-order chi connectivity index (χ1) is 6.09. The fourth-order valence-corrected chi connectivity index (χ4v) is 3.04. The lowest BCUT2D eigenvalue weighted by Gasteiger charge is -1.99. The minimum Gasteiger partial charge on any atom is -0.307 e. The minimum absolute atomic E-state index is 0.634. The Morgan fingerprint density at radius 1 is 1.62 bits per heavy atom. The highest BCUT2D eigenvalue weighted by molar-refractivity contribution is 9.13. The van der Waals surface area contributed by atoms with Crippen LogP contribution in [0.5, 0.6) is 0 Å². The van der Waals surface area contributed by atoms with Crippen molar-refractivity contribution in [3.05, 3.63) is 30.8 Å². The highest BCUT2D eigenvalue weighted by Crippen LogP contribution is 2.32. The van der Waals surface area contributed by atoms with Gasteiger partial charge in [0.25, 0.3) is 0 Å². The molecule has 0 aliphatic rings. The molecule has 0 saturated carbocycles. The Kier molecular flexibility index (Phi) is 4.97. The molecule has 5 heteroatoms. The summed E-state index contributed by atoms with van der Waals surface area (Å²) in [5.74, 6) is 0. The molecule has 1 rings (SSSR count). The van der Waals surface area contributed by atoms with E-state index in [2.05, 4.69) is 49.8 Å². The number of rotatable bonds is 4. The third-order valence-corrected chi connectivity index (χ3v) is 4.70. The third-order valence-electron chi connectivity index (χ3n) is 1.31. The van der Waals surface area contributed by atoms with Crippen molar-refractivity contribution < 1.29 is 0 Å². The second-order valence-corrected chi connectivity index (χ2v) is 6.30. The van der Waals surface area contributed by atoms with E-state index in [0.717, 1.165) is 14.8 Å². The summed E-state index contributed by atoms with van der Waals surface area (Å²) in [4.78, 5) is 1.26. The van der Waals surface area contributed by atoms with Gasteiger partial charge in [0.1, 0.15) is 0 Å². The summed E-state index contributed by atoms with van der Waals surface area (Å²) in [6.45, 7) is 5.06. The van der Waals surface area contributed by atoms with Crippen LogP contribution in [0.3, 0.4) is 0 Å². The molecule has 0 radical (unpaired) electrons. The molecule has 0 atom stereocenters. The van der Waals surface area contributed by atoms with Gasteiger partial charge in [0.05, 0.1) is 3.79 Å². The zero-order chi connectivity index (χ0) is 9.84. The van der Waals surface area contributed by atoms with Crippen LogP contribution in [0.15, 0.2) is 25.9 Å². The van der Waals surface area contributed by atoms with Crippen LogP contribution in [0, 0.1) is 0 Å². The van der Waals surface area contributed by atoms with Gasteiger partial charge in [0, 0.05) is 27.5 Å². The van der Waals surface area contributed by atoms with Gasteiger partial charge in [-0.1, -0.05) is 18.2 Å². The van der Waals surface area contributed by atoms with E-state index in [1.165, 1.54) is 4.88 Å². The quantitative estimate of drug-likeness (QED) is 0.866. The van der Waals surface area contributed by atoms with Crippen molar-refractivity contribution in [2.24, 2.45) is 0 Å². The van der Waals surface area contributed by atoms with Crippen LogP contribution in [-0.2, 0) is 6.54 Å². The van der Waals surface area contributed by atoms with Crippen molar-refractivity contribution in [1.82, 2.24) is 5.32 Å². The van der Waals surface area contributed by atoms with E-state index in [4.69, 9.17) is 11.6 Å². The maximum atomic E-state index is 5.61. The zero-order valence-electron chi connectivity index (χ0n) is 6.74. The predicted molar refractivity (Wildman–Crippen MR) is 66.4 cm³/mol. The van der Waals surface area contributed by atoms with Crippen LogP contribution >= 0.6 is 54.8 Å². The van der Waals surface area contributed by atoms with Gasteiger partial charge in [-0.2, -0.15) is 0 Å². The number of hydrogen-bond acceptors (Lipinski definition) is 2. The van der Waals surface area contributed by atoms with Gasteiger partial charge in [0.15, 0.2) is 0 Å². The lowest BCUT2D eigenvalue weighted by atomic mass is 10.4. The Morgan fingerprint density at radius 2 is 2.31 bits per heavy atom. The fourth-order valence-electron chi connectivity index (χ4n) is 0.800. The molecule has 0 amide bonds. The molecule has 1 aromatic heterocycles. The predicted octanol–water partition coefficient (Wildman–Crippen LogP) is 4.12. The van der Waals surface area contributed by atoms with E-state index in [0.29, 0.717) is 11.6 Å². The van der Waals surface area contributed by atoms with Crippen molar-refractivity contribution in [3.63, 3.8) is 0 Å². The lowest BCUT2D eigenvalue weighted by Crippen LogP contribution is -2.13. The van der Waals surface area contributed by atoms with Crippen molar-refractivity contribution in [1.29, 1.82) is 0 Å². The van der Waals surface area contributed by atoms with E-state index in [1.807, 2.05) is 0 Å². The molecule has 0 unspecified atom stereocenters. The summed E-state index contributed by atoms with van der Waals surface area (Å²) in [5, 5.41) is 3.81. The Balaban J connectivity index is 2.41. The first-order valence-electron chi connectivity index (χ1n) is 3.57. The minimum atomic E-state index is 0.634. The standard InChI is InChI=1S/C8H8Br2ClNS/c1-5(11)3-12-4-6-2-7(9)8(10)13-6/h2,12H,1,3-4H2. The van der Waals surface area contributed by atoms with Gasteiger partial charge in [-0.15, -0.1) is 11.3 Å². The SMILES string of the molecule is C=C(Cl)CNCc1cc(Br)c(Br)s1. The van der Waals surface area contributed by atoms with E-state index in [-0.39, 0.29) is 0 Å². The lowest BCUT2D eigenvalue weighted by molar-refractivity contribution is 0.765. The number of thiophene rings is 1. The second kappa shape index (κ2) is 5.51. The van der Waals surface area contributed by atoms with E-state index in [9.17, 15) is 0 Å². The van der Waals surface area contributed by atoms with Gasteiger partial charge >= 0.3 is 0 Å². The normalized spacial score (nSPS) is 10.4.